The number of rotatable bonds is 3. The molecule has 0 saturated heterocycles. The number of halogens is 2. The number of hydrogen-bond acceptors (Lipinski definition) is 1. The Labute approximate surface area is 118 Å². The van der Waals surface area contributed by atoms with E-state index in [1.54, 1.807) is 7.11 Å². The van der Waals surface area contributed by atoms with Crippen molar-refractivity contribution in [2.75, 3.05) is 7.11 Å². The molecule has 0 saturated carbocycles. The van der Waals surface area contributed by atoms with Crippen molar-refractivity contribution in [2.24, 2.45) is 0 Å². The van der Waals surface area contributed by atoms with Crippen LogP contribution in [0, 0.1) is 0 Å². The van der Waals surface area contributed by atoms with Gasteiger partial charge in [0.1, 0.15) is 5.75 Å². The topological polar surface area (TPSA) is 9.23 Å². The van der Waals surface area contributed by atoms with Crippen LogP contribution in [0.25, 0.3) is 0 Å². The highest BCUT2D eigenvalue weighted by Gasteiger charge is 1.90. The Bertz CT molecular complexity index is 403. The van der Waals surface area contributed by atoms with Gasteiger partial charge in [0.2, 0.25) is 0 Å². The highest BCUT2D eigenvalue weighted by molar-refractivity contribution is 6.17. The Morgan fingerprint density at radius 3 is 1.67 bits per heavy atom. The molecule has 2 aromatic carbocycles. The van der Waals surface area contributed by atoms with Crippen LogP contribution in [0.15, 0.2) is 54.6 Å². The highest BCUT2D eigenvalue weighted by atomic mass is 35.5. The van der Waals surface area contributed by atoms with Crippen LogP contribution in [0.2, 0.25) is 0 Å². The standard InChI is InChI=1S/C8H9ClO.C7H7Cl/c1-10-8-4-2-7(6-9)3-5-8;8-6-7-4-2-1-3-5-7/h2-5H,6H2,1H3;1-5H,6H2. The van der Waals surface area contributed by atoms with Gasteiger partial charge in [0.15, 0.2) is 0 Å². The summed E-state index contributed by atoms with van der Waals surface area (Å²) in [5, 5.41) is 0. The molecule has 1 nitrogen and oxygen atoms in total. The molecule has 2 rings (SSSR count). The van der Waals surface area contributed by atoms with Crippen LogP contribution in [-0.4, -0.2) is 7.11 Å². The van der Waals surface area contributed by atoms with E-state index < -0.39 is 0 Å². The first kappa shape index (κ1) is 14.9. The van der Waals surface area contributed by atoms with E-state index >= 15 is 0 Å². The third-order valence-electron chi connectivity index (χ3n) is 2.31. The van der Waals surface area contributed by atoms with Gasteiger partial charge < -0.3 is 4.74 Å². The minimum absolute atomic E-state index is 0.560. The Kier molecular flexibility index (Phi) is 7.31. The van der Waals surface area contributed by atoms with E-state index in [1.165, 1.54) is 5.56 Å². The fourth-order valence-electron chi connectivity index (χ4n) is 1.28. The lowest BCUT2D eigenvalue weighted by atomic mass is 10.2. The molecule has 0 unspecified atom stereocenters. The second kappa shape index (κ2) is 8.84. The molecule has 96 valence electrons. The molecule has 0 heterocycles. The zero-order valence-electron chi connectivity index (χ0n) is 10.3. The molecule has 2 aromatic rings. The zero-order chi connectivity index (χ0) is 13.2. The van der Waals surface area contributed by atoms with E-state index in [4.69, 9.17) is 27.9 Å². The minimum atomic E-state index is 0.560. The maximum absolute atomic E-state index is 5.58. The maximum atomic E-state index is 5.58. The second-order valence-corrected chi connectivity index (χ2v) is 4.14. The van der Waals surface area contributed by atoms with Crippen LogP contribution in [0.4, 0.5) is 0 Å². The van der Waals surface area contributed by atoms with Gasteiger partial charge in [-0.1, -0.05) is 42.5 Å². The molecule has 0 radical (unpaired) electrons. The molecule has 0 N–H and O–H groups in total. The Morgan fingerprint density at radius 2 is 1.28 bits per heavy atom. The summed E-state index contributed by atoms with van der Waals surface area (Å²) in [5.74, 6) is 2.04. The SMILES string of the molecule is COc1ccc(CCl)cc1.ClCc1ccccc1. The minimum Gasteiger partial charge on any atom is -0.497 e. The summed E-state index contributed by atoms with van der Waals surface area (Å²) in [6, 6.07) is 17.7. The molecule has 0 aliphatic carbocycles. The van der Waals surface area contributed by atoms with E-state index in [9.17, 15) is 0 Å². The average Bonchev–Trinajstić information content (AvgIpc) is 2.49. The van der Waals surface area contributed by atoms with Gasteiger partial charge in [-0.15, -0.1) is 23.2 Å². The number of ether oxygens (including phenoxy) is 1. The third-order valence-corrected chi connectivity index (χ3v) is 2.93. The zero-order valence-corrected chi connectivity index (χ0v) is 11.8. The molecular weight excluding hydrogens is 267 g/mol. The highest BCUT2D eigenvalue weighted by Crippen LogP contribution is 2.12. The molecule has 0 atom stereocenters. The fraction of sp³-hybridized carbons (Fsp3) is 0.200. The molecule has 0 amide bonds. The lowest BCUT2D eigenvalue weighted by Crippen LogP contribution is -1.82. The van der Waals surface area contributed by atoms with Crippen LogP contribution in [0.5, 0.6) is 5.75 Å². The second-order valence-electron chi connectivity index (χ2n) is 3.60. The monoisotopic (exact) mass is 282 g/mol. The Morgan fingerprint density at radius 1 is 0.778 bits per heavy atom. The van der Waals surface area contributed by atoms with E-state index in [2.05, 4.69) is 0 Å². The summed E-state index contributed by atoms with van der Waals surface area (Å²) >= 11 is 11.1. The van der Waals surface area contributed by atoms with E-state index in [0.29, 0.717) is 11.8 Å². The van der Waals surface area contributed by atoms with Crippen LogP contribution >= 0.6 is 23.2 Å². The van der Waals surface area contributed by atoms with Crippen LogP contribution in [0.3, 0.4) is 0 Å². The summed E-state index contributed by atoms with van der Waals surface area (Å²) < 4.78 is 4.97. The number of methoxy groups -OCH3 is 1. The van der Waals surface area contributed by atoms with Crippen LogP contribution < -0.4 is 4.74 Å². The molecule has 3 heteroatoms. The molecule has 0 aromatic heterocycles. The maximum Gasteiger partial charge on any atom is 0.118 e. The van der Waals surface area contributed by atoms with Crippen LogP contribution in [0.1, 0.15) is 11.1 Å². The first-order valence-corrected chi connectivity index (χ1v) is 6.66. The van der Waals surface area contributed by atoms with Gasteiger partial charge in [-0.05, 0) is 23.3 Å². The van der Waals surface area contributed by atoms with E-state index in [1.807, 2.05) is 54.6 Å². The van der Waals surface area contributed by atoms with Gasteiger partial charge >= 0.3 is 0 Å². The first-order chi connectivity index (χ1) is 8.80. The third kappa shape index (κ3) is 5.44. The van der Waals surface area contributed by atoms with Gasteiger partial charge in [0.05, 0.1) is 7.11 Å². The van der Waals surface area contributed by atoms with E-state index in [-0.39, 0.29) is 0 Å². The smallest absolute Gasteiger partial charge is 0.118 e. The van der Waals surface area contributed by atoms with Gasteiger partial charge in [-0.3, -0.25) is 0 Å². The van der Waals surface area contributed by atoms with Crippen molar-refractivity contribution >= 4 is 23.2 Å². The Hall–Kier alpha value is -1.18. The van der Waals surface area contributed by atoms with Gasteiger partial charge in [-0.25, -0.2) is 0 Å². The van der Waals surface area contributed by atoms with Crippen LogP contribution in [-0.2, 0) is 11.8 Å². The lowest BCUT2D eigenvalue weighted by molar-refractivity contribution is 0.414. The van der Waals surface area contributed by atoms with Crippen molar-refractivity contribution in [3.8, 4) is 5.75 Å². The summed E-state index contributed by atoms with van der Waals surface area (Å²) in [7, 11) is 1.65. The van der Waals surface area contributed by atoms with Crippen molar-refractivity contribution in [1.82, 2.24) is 0 Å². The summed E-state index contributed by atoms with van der Waals surface area (Å²) in [6.45, 7) is 0. The van der Waals surface area contributed by atoms with Crippen molar-refractivity contribution < 1.29 is 4.74 Å². The quantitative estimate of drug-likeness (QED) is 0.731. The summed E-state index contributed by atoms with van der Waals surface area (Å²) in [4.78, 5) is 0. The Balaban J connectivity index is 0.000000184. The molecular formula is C15H16Cl2O. The lowest BCUT2D eigenvalue weighted by Gasteiger charge is -1.98. The van der Waals surface area contributed by atoms with E-state index in [0.717, 1.165) is 11.3 Å². The van der Waals surface area contributed by atoms with Crippen molar-refractivity contribution in [1.29, 1.82) is 0 Å². The average molecular weight is 283 g/mol. The molecule has 0 aliphatic rings. The normalized spacial score (nSPS) is 9.28. The van der Waals surface area contributed by atoms with Gasteiger partial charge in [0, 0.05) is 11.8 Å². The van der Waals surface area contributed by atoms with Crippen molar-refractivity contribution in [3.05, 3.63) is 65.7 Å². The summed E-state index contributed by atoms with van der Waals surface area (Å²) in [6.07, 6.45) is 0. The van der Waals surface area contributed by atoms with Crippen molar-refractivity contribution in [2.45, 2.75) is 11.8 Å². The largest absolute Gasteiger partial charge is 0.497 e. The number of hydrogen-bond donors (Lipinski definition) is 0. The fourth-order valence-corrected chi connectivity index (χ4v) is 1.64. The summed E-state index contributed by atoms with van der Waals surface area (Å²) in [5.41, 5.74) is 2.29. The van der Waals surface area contributed by atoms with Gasteiger partial charge in [0.25, 0.3) is 0 Å². The molecule has 0 fully saturated rings. The molecule has 0 bridgehead atoms. The molecule has 18 heavy (non-hydrogen) atoms. The predicted octanol–water partition coefficient (Wildman–Crippen LogP) is 4.86. The predicted molar refractivity (Wildman–Crippen MR) is 78.6 cm³/mol. The molecule has 0 aliphatic heterocycles. The number of benzene rings is 2. The van der Waals surface area contributed by atoms with Crippen molar-refractivity contribution in [3.63, 3.8) is 0 Å². The molecule has 0 spiro atoms. The van der Waals surface area contributed by atoms with Gasteiger partial charge in [-0.2, -0.15) is 0 Å². The number of alkyl halides is 2. The first-order valence-electron chi connectivity index (χ1n) is 5.59.